The van der Waals surface area contributed by atoms with E-state index in [1.165, 1.54) is 41.6 Å². The van der Waals surface area contributed by atoms with E-state index >= 15 is 0 Å². The lowest BCUT2D eigenvalue weighted by Crippen LogP contribution is -2.46. The molecule has 198 valence electrons. The van der Waals surface area contributed by atoms with E-state index in [1.54, 1.807) is 0 Å². The highest BCUT2D eigenvalue weighted by Gasteiger charge is 2.48. The van der Waals surface area contributed by atoms with E-state index in [1.807, 2.05) is 0 Å². The SMILES string of the molecule is Cc1c2c(nc(C(C)C)c1C(O)c1ccc(C(C)C)cc1)CC1(CCC1)CC2O[Si](C)(C)C(C)(C)C. The van der Waals surface area contributed by atoms with Gasteiger partial charge in [0.15, 0.2) is 8.32 Å². The van der Waals surface area contributed by atoms with Crippen molar-refractivity contribution in [3.63, 3.8) is 0 Å². The molecule has 0 aliphatic heterocycles. The summed E-state index contributed by atoms with van der Waals surface area (Å²) < 4.78 is 7.18. The van der Waals surface area contributed by atoms with Gasteiger partial charge in [-0.2, -0.15) is 0 Å². The lowest BCUT2D eigenvalue weighted by molar-refractivity contribution is 0.0294. The van der Waals surface area contributed by atoms with Crippen LogP contribution in [0.1, 0.15) is 137 Å². The molecular formula is C32H49NO2Si. The molecule has 2 aliphatic rings. The summed E-state index contributed by atoms with van der Waals surface area (Å²) in [6.45, 7) is 22.7. The van der Waals surface area contributed by atoms with Crippen molar-refractivity contribution in [2.45, 2.75) is 130 Å². The van der Waals surface area contributed by atoms with Crippen molar-refractivity contribution >= 4 is 8.32 Å². The van der Waals surface area contributed by atoms with Gasteiger partial charge in [0.05, 0.1) is 6.10 Å². The topological polar surface area (TPSA) is 42.4 Å². The molecule has 1 spiro atoms. The quantitative estimate of drug-likeness (QED) is 0.397. The Kier molecular flexibility index (Phi) is 7.40. The van der Waals surface area contributed by atoms with Crippen LogP contribution in [-0.4, -0.2) is 18.4 Å². The predicted octanol–water partition coefficient (Wildman–Crippen LogP) is 8.90. The van der Waals surface area contributed by atoms with Gasteiger partial charge in [-0.1, -0.05) is 79.2 Å². The number of nitrogens with zero attached hydrogens (tertiary/aromatic N) is 1. The van der Waals surface area contributed by atoms with Crippen LogP contribution in [-0.2, 0) is 10.8 Å². The zero-order chi connectivity index (χ0) is 26.6. The Bertz CT molecular complexity index is 1090. The average molecular weight is 508 g/mol. The molecular weight excluding hydrogens is 458 g/mol. The molecule has 2 atom stereocenters. The third-order valence-electron chi connectivity index (χ3n) is 9.53. The molecule has 0 bridgehead atoms. The molecule has 1 fully saturated rings. The molecule has 2 aromatic rings. The van der Waals surface area contributed by atoms with Gasteiger partial charge in [0, 0.05) is 22.5 Å². The largest absolute Gasteiger partial charge is 0.410 e. The van der Waals surface area contributed by atoms with Gasteiger partial charge in [0.1, 0.15) is 6.10 Å². The fourth-order valence-corrected chi connectivity index (χ4v) is 7.28. The minimum absolute atomic E-state index is 0.0675. The fourth-order valence-electron chi connectivity index (χ4n) is 6.01. The van der Waals surface area contributed by atoms with Gasteiger partial charge in [-0.25, -0.2) is 0 Å². The van der Waals surface area contributed by atoms with Gasteiger partial charge in [0.25, 0.3) is 0 Å². The Morgan fingerprint density at radius 2 is 1.58 bits per heavy atom. The van der Waals surface area contributed by atoms with Gasteiger partial charge in [0.2, 0.25) is 0 Å². The van der Waals surface area contributed by atoms with Gasteiger partial charge < -0.3 is 9.53 Å². The van der Waals surface area contributed by atoms with Gasteiger partial charge >= 0.3 is 0 Å². The molecule has 4 rings (SSSR count). The molecule has 2 unspecified atom stereocenters. The summed E-state index contributed by atoms with van der Waals surface area (Å²) in [5.74, 6) is 0.717. The van der Waals surface area contributed by atoms with Crippen LogP contribution < -0.4 is 0 Å². The maximum atomic E-state index is 11.8. The first-order chi connectivity index (χ1) is 16.7. The van der Waals surface area contributed by atoms with Crippen LogP contribution in [0.5, 0.6) is 0 Å². The predicted molar refractivity (Wildman–Crippen MR) is 153 cm³/mol. The highest BCUT2D eigenvalue weighted by Crippen LogP contribution is 2.56. The van der Waals surface area contributed by atoms with E-state index in [9.17, 15) is 5.11 Å². The third kappa shape index (κ3) is 4.98. The molecule has 0 amide bonds. The number of rotatable bonds is 6. The molecule has 3 nitrogen and oxygen atoms in total. The van der Waals surface area contributed by atoms with Crippen molar-refractivity contribution in [3.8, 4) is 0 Å². The Morgan fingerprint density at radius 1 is 1.00 bits per heavy atom. The second-order valence-corrected chi connectivity index (χ2v) is 18.6. The molecule has 4 heteroatoms. The van der Waals surface area contributed by atoms with Crippen molar-refractivity contribution in [2.24, 2.45) is 5.41 Å². The number of aromatic nitrogens is 1. The van der Waals surface area contributed by atoms with E-state index in [0.29, 0.717) is 11.3 Å². The summed E-state index contributed by atoms with van der Waals surface area (Å²) in [6.07, 6.45) is 5.42. The van der Waals surface area contributed by atoms with E-state index in [-0.39, 0.29) is 17.1 Å². The number of aliphatic hydroxyl groups is 1. The summed E-state index contributed by atoms with van der Waals surface area (Å²) >= 11 is 0. The number of hydrogen-bond acceptors (Lipinski definition) is 3. The molecule has 0 saturated heterocycles. The lowest BCUT2D eigenvalue weighted by atomic mass is 9.59. The molecule has 0 radical (unpaired) electrons. The minimum atomic E-state index is -1.99. The lowest BCUT2D eigenvalue weighted by Gasteiger charge is -2.51. The second-order valence-electron chi connectivity index (χ2n) is 13.9. The van der Waals surface area contributed by atoms with Crippen LogP contribution in [0.25, 0.3) is 0 Å². The summed E-state index contributed by atoms with van der Waals surface area (Å²) in [6, 6.07) is 8.50. The van der Waals surface area contributed by atoms with E-state index in [2.05, 4.69) is 92.7 Å². The van der Waals surface area contributed by atoms with Crippen molar-refractivity contribution in [3.05, 3.63) is 63.5 Å². The van der Waals surface area contributed by atoms with E-state index < -0.39 is 14.4 Å². The highest BCUT2D eigenvalue weighted by atomic mass is 28.4. The van der Waals surface area contributed by atoms with Gasteiger partial charge in [-0.3, -0.25) is 4.98 Å². The van der Waals surface area contributed by atoms with E-state index in [0.717, 1.165) is 29.7 Å². The summed E-state index contributed by atoms with van der Waals surface area (Å²) in [4.78, 5) is 5.36. The minimum Gasteiger partial charge on any atom is -0.410 e. The molecule has 2 aliphatic carbocycles. The Labute approximate surface area is 221 Å². The van der Waals surface area contributed by atoms with Crippen LogP contribution in [0.4, 0.5) is 0 Å². The third-order valence-corrected chi connectivity index (χ3v) is 14.0. The number of hydrogen-bond donors (Lipinski definition) is 1. The number of fused-ring (bicyclic) bond motifs is 1. The Balaban J connectivity index is 1.84. The monoisotopic (exact) mass is 507 g/mol. The molecule has 1 heterocycles. The van der Waals surface area contributed by atoms with Crippen LogP contribution >= 0.6 is 0 Å². The summed E-state index contributed by atoms with van der Waals surface area (Å²) in [5, 5.41) is 11.9. The summed E-state index contributed by atoms with van der Waals surface area (Å²) in [5.41, 5.74) is 8.33. The Morgan fingerprint density at radius 3 is 2.06 bits per heavy atom. The number of aliphatic hydroxyl groups excluding tert-OH is 1. The molecule has 1 aromatic heterocycles. The van der Waals surface area contributed by atoms with Crippen LogP contribution in [0.2, 0.25) is 18.1 Å². The highest BCUT2D eigenvalue weighted by molar-refractivity contribution is 6.74. The molecule has 1 saturated carbocycles. The molecule has 1 aromatic carbocycles. The van der Waals surface area contributed by atoms with Gasteiger partial charge in [-0.05, 0) is 84.7 Å². The average Bonchev–Trinajstić information content (AvgIpc) is 2.76. The van der Waals surface area contributed by atoms with Crippen molar-refractivity contribution in [2.75, 3.05) is 0 Å². The van der Waals surface area contributed by atoms with Crippen molar-refractivity contribution in [1.82, 2.24) is 4.98 Å². The van der Waals surface area contributed by atoms with Crippen LogP contribution in [0, 0.1) is 12.3 Å². The van der Waals surface area contributed by atoms with Gasteiger partial charge in [-0.15, -0.1) is 0 Å². The van der Waals surface area contributed by atoms with Crippen LogP contribution in [0.3, 0.4) is 0 Å². The molecule has 36 heavy (non-hydrogen) atoms. The maximum Gasteiger partial charge on any atom is 0.192 e. The maximum absolute atomic E-state index is 11.8. The first kappa shape index (κ1) is 27.5. The second kappa shape index (κ2) is 9.67. The first-order valence-corrected chi connectivity index (χ1v) is 17.1. The van der Waals surface area contributed by atoms with Crippen LogP contribution in [0.15, 0.2) is 24.3 Å². The standard InChI is InChI=1S/C32H49NO2Si/c1-20(2)23-12-14-24(15-13-23)30(34)28-22(5)27-25(33-29(28)21(3)4)18-32(16-11-17-32)19-26(27)35-36(9,10)31(6,7)8/h12-15,20-21,26,30,34H,11,16-19H2,1-10H3. The summed E-state index contributed by atoms with van der Waals surface area (Å²) in [7, 11) is -1.99. The smallest absolute Gasteiger partial charge is 0.192 e. The first-order valence-electron chi connectivity index (χ1n) is 14.1. The van der Waals surface area contributed by atoms with Crippen molar-refractivity contribution in [1.29, 1.82) is 0 Å². The number of benzene rings is 1. The molecule has 1 N–H and O–H groups in total. The zero-order valence-electron chi connectivity index (χ0n) is 24.5. The van der Waals surface area contributed by atoms with E-state index in [4.69, 9.17) is 9.41 Å². The van der Waals surface area contributed by atoms with Crippen molar-refractivity contribution < 1.29 is 9.53 Å². The Hall–Kier alpha value is -1.49. The zero-order valence-corrected chi connectivity index (χ0v) is 25.5. The number of pyridine rings is 1. The normalized spacial score (nSPS) is 20.5. The fraction of sp³-hybridized carbons (Fsp3) is 0.656.